The van der Waals surface area contributed by atoms with Gasteiger partial charge < -0.3 is 4.90 Å². The first-order valence-corrected chi connectivity index (χ1v) is 6.37. The van der Waals surface area contributed by atoms with E-state index in [-0.39, 0.29) is 5.91 Å². The van der Waals surface area contributed by atoms with Crippen LogP contribution < -0.4 is 4.90 Å². The maximum absolute atomic E-state index is 12.4. The number of rotatable bonds is 2. The Kier molecular flexibility index (Phi) is 3.98. The zero-order chi connectivity index (χ0) is 13.8. The van der Waals surface area contributed by atoms with Crippen LogP contribution in [0.4, 0.5) is 5.69 Å². The molecule has 0 fully saturated rings. The van der Waals surface area contributed by atoms with Crippen molar-refractivity contribution >= 4 is 27.5 Å². The number of nitrogens with zero attached hydrogens (tertiary/aromatic N) is 2. The van der Waals surface area contributed by atoms with Crippen LogP contribution in [0.1, 0.15) is 15.9 Å². The van der Waals surface area contributed by atoms with Crippen LogP contribution in [0.25, 0.3) is 0 Å². The van der Waals surface area contributed by atoms with Crippen molar-refractivity contribution in [1.29, 1.82) is 0 Å². The van der Waals surface area contributed by atoms with Gasteiger partial charge in [0, 0.05) is 35.2 Å². The fourth-order valence-corrected chi connectivity index (χ4v) is 2.07. The molecule has 0 aliphatic rings. The number of carbonyl (C=O) groups is 1. The number of aromatic nitrogens is 1. The minimum Gasteiger partial charge on any atom is -0.311 e. The largest absolute Gasteiger partial charge is 0.311 e. The van der Waals surface area contributed by atoms with E-state index in [9.17, 15) is 4.79 Å². The Morgan fingerprint density at radius 1 is 1.42 bits per heavy atom. The van der Waals surface area contributed by atoms with Crippen LogP contribution in [0, 0.1) is 12.3 Å². The van der Waals surface area contributed by atoms with E-state index in [0.717, 1.165) is 11.3 Å². The first kappa shape index (κ1) is 13.3. The predicted molar refractivity (Wildman–Crippen MR) is 79.0 cm³/mol. The van der Waals surface area contributed by atoms with Gasteiger partial charge in [-0.3, -0.25) is 9.78 Å². The number of benzene rings is 1. The van der Waals surface area contributed by atoms with Crippen molar-refractivity contribution in [3.63, 3.8) is 0 Å². The normalized spacial score (nSPS) is 9.74. The van der Waals surface area contributed by atoms with Crippen LogP contribution in [0.2, 0.25) is 0 Å². The number of halogens is 1. The van der Waals surface area contributed by atoms with Gasteiger partial charge in [-0.1, -0.05) is 12.0 Å². The molecule has 1 heterocycles. The number of amides is 1. The molecule has 0 radical (unpaired) electrons. The van der Waals surface area contributed by atoms with Crippen LogP contribution in [-0.2, 0) is 0 Å². The highest BCUT2D eigenvalue weighted by Crippen LogP contribution is 2.21. The summed E-state index contributed by atoms with van der Waals surface area (Å²) < 4.78 is 0.667. The van der Waals surface area contributed by atoms with Crippen LogP contribution in [0.3, 0.4) is 0 Å². The summed E-state index contributed by atoms with van der Waals surface area (Å²) in [6.45, 7) is 0. The van der Waals surface area contributed by atoms with Crippen molar-refractivity contribution in [3.05, 3.63) is 58.3 Å². The molecule has 1 aromatic carbocycles. The lowest BCUT2D eigenvalue weighted by Gasteiger charge is -2.18. The van der Waals surface area contributed by atoms with Crippen molar-refractivity contribution in [2.45, 2.75) is 0 Å². The average Bonchev–Trinajstić information content (AvgIpc) is 2.46. The second kappa shape index (κ2) is 5.68. The first-order chi connectivity index (χ1) is 9.13. The molecule has 3 nitrogen and oxygen atoms in total. The van der Waals surface area contributed by atoms with E-state index in [4.69, 9.17) is 6.42 Å². The minimum absolute atomic E-state index is 0.122. The van der Waals surface area contributed by atoms with E-state index in [2.05, 4.69) is 26.8 Å². The smallest absolute Gasteiger partial charge is 0.259 e. The summed E-state index contributed by atoms with van der Waals surface area (Å²) in [4.78, 5) is 17.9. The molecule has 0 atom stereocenters. The van der Waals surface area contributed by atoms with Gasteiger partial charge in [-0.2, -0.15) is 0 Å². The lowest BCUT2D eigenvalue weighted by molar-refractivity contribution is 0.0992. The van der Waals surface area contributed by atoms with E-state index in [1.165, 1.54) is 0 Å². The Hall–Kier alpha value is -2.12. The molecular weight excluding hydrogens is 304 g/mol. The molecule has 0 saturated carbocycles. The monoisotopic (exact) mass is 314 g/mol. The highest BCUT2D eigenvalue weighted by Gasteiger charge is 2.16. The third kappa shape index (κ3) is 2.83. The fraction of sp³-hybridized carbons (Fsp3) is 0.0667. The summed E-state index contributed by atoms with van der Waals surface area (Å²) >= 11 is 3.32. The van der Waals surface area contributed by atoms with Gasteiger partial charge in [0.1, 0.15) is 0 Å². The molecule has 0 aliphatic carbocycles. The van der Waals surface area contributed by atoms with Crippen molar-refractivity contribution in [1.82, 2.24) is 4.98 Å². The maximum atomic E-state index is 12.4. The number of carbonyl (C=O) groups excluding carboxylic acids is 1. The molecular formula is C15H11BrN2O. The van der Waals surface area contributed by atoms with Gasteiger partial charge >= 0.3 is 0 Å². The second-order valence-electron chi connectivity index (χ2n) is 3.91. The topological polar surface area (TPSA) is 33.2 Å². The quantitative estimate of drug-likeness (QED) is 0.798. The molecule has 4 heteroatoms. The van der Waals surface area contributed by atoms with Crippen LogP contribution in [-0.4, -0.2) is 17.9 Å². The molecule has 2 rings (SSSR count). The first-order valence-electron chi connectivity index (χ1n) is 5.57. The maximum Gasteiger partial charge on any atom is 0.259 e. The molecule has 2 aromatic rings. The van der Waals surface area contributed by atoms with Gasteiger partial charge in [0.25, 0.3) is 5.91 Å². The SMILES string of the molecule is C#Cc1cccc(N(C)C(=O)c2ccncc2Br)c1. The van der Waals surface area contributed by atoms with Crippen molar-refractivity contribution in [2.75, 3.05) is 11.9 Å². The van der Waals surface area contributed by atoms with Crippen molar-refractivity contribution in [2.24, 2.45) is 0 Å². The fourth-order valence-electron chi connectivity index (χ4n) is 1.65. The van der Waals surface area contributed by atoms with Gasteiger partial charge in [0.05, 0.1) is 5.56 Å². The third-order valence-corrected chi connectivity index (χ3v) is 3.34. The van der Waals surface area contributed by atoms with Gasteiger partial charge in [0.2, 0.25) is 0 Å². The number of hydrogen-bond acceptors (Lipinski definition) is 2. The van der Waals surface area contributed by atoms with E-state index >= 15 is 0 Å². The average molecular weight is 315 g/mol. The Morgan fingerprint density at radius 2 is 2.21 bits per heavy atom. The van der Waals surface area contributed by atoms with Crippen molar-refractivity contribution < 1.29 is 4.79 Å². The Balaban J connectivity index is 2.34. The standard InChI is InChI=1S/C15H11BrN2O/c1-3-11-5-4-6-12(9-11)18(2)15(19)13-7-8-17-10-14(13)16/h1,4-10H,2H3. The molecule has 0 saturated heterocycles. The van der Waals surface area contributed by atoms with Crippen LogP contribution in [0.5, 0.6) is 0 Å². The predicted octanol–water partition coefficient (Wildman–Crippen LogP) is 3.10. The van der Waals surface area contributed by atoms with Gasteiger partial charge in [-0.05, 0) is 40.2 Å². The zero-order valence-corrected chi connectivity index (χ0v) is 11.9. The Morgan fingerprint density at radius 3 is 2.89 bits per heavy atom. The molecule has 1 amide bonds. The van der Waals surface area contributed by atoms with Gasteiger partial charge in [0.15, 0.2) is 0 Å². The summed E-state index contributed by atoms with van der Waals surface area (Å²) in [7, 11) is 1.71. The molecule has 0 aliphatic heterocycles. The zero-order valence-electron chi connectivity index (χ0n) is 10.3. The highest BCUT2D eigenvalue weighted by molar-refractivity contribution is 9.10. The molecule has 0 spiro atoms. The number of pyridine rings is 1. The molecule has 0 unspecified atom stereocenters. The van der Waals surface area contributed by atoms with Gasteiger partial charge in [-0.15, -0.1) is 6.42 Å². The van der Waals surface area contributed by atoms with Crippen molar-refractivity contribution in [3.8, 4) is 12.3 Å². The molecule has 1 aromatic heterocycles. The Labute approximate surface area is 120 Å². The molecule has 94 valence electrons. The molecule has 0 bridgehead atoms. The third-order valence-electron chi connectivity index (χ3n) is 2.71. The number of terminal acetylenes is 1. The number of hydrogen-bond donors (Lipinski definition) is 0. The lowest BCUT2D eigenvalue weighted by Crippen LogP contribution is -2.26. The van der Waals surface area contributed by atoms with Crippen LogP contribution in [0.15, 0.2) is 47.2 Å². The highest BCUT2D eigenvalue weighted by atomic mass is 79.9. The minimum atomic E-state index is -0.122. The summed E-state index contributed by atoms with van der Waals surface area (Å²) in [6.07, 6.45) is 8.54. The van der Waals surface area contributed by atoms with E-state index < -0.39 is 0 Å². The lowest BCUT2D eigenvalue weighted by atomic mass is 10.1. The summed E-state index contributed by atoms with van der Waals surface area (Å²) in [5, 5.41) is 0. The Bertz CT molecular complexity index is 661. The summed E-state index contributed by atoms with van der Waals surface area (Å²) in [6, 6.07) is 8.97. The van der Waals surface area contributed by atoms with E-state index in [1.807, 2.05) is 18.2 Å². The molecule has 0 N–H and O–H groups in total. The summed E-state index contributed by atoms with van der Waals surface area (Å²) in [5.74, 6) is 2.43. The summed E-state index contributed by atoms with van der Waals surface area (Å²) in [5.41, 5.74) is 2.05. The number of anilines is 1. The van der Waals surface area contributed by atoms with E-state index in [1.54, 1.807) is 36.5 Å². The molecule has 19 heavy (non-hydrogen) atoms. The van der Waals surface area contributed by atoms with E-state index in [0.29, 0.717) is 10.0 Å². The van der Waals surface area contributed by atoms with Gasteiger partial charge in [-0.25, -0.2) is 0 Å². The van der Waals surface area contributed by atoms with Crippen LogP contribution >= 0.6 is 15.9 Å². The second-order valence-corrected chi connectivity index (χ2v) is 4.77.